The van der Waals surface area contributed by atoms with Gasteiger partial charge in [-0.2, -0.15) is 0 Å². The normalized spacial score (nSPS) is 11.7. The molecule has 5 aromatic rings. The van der Waals surface area contributed by atoms with E-state index < -0.39 is 0 Å². The molecule has 9 heteroatoms. The first kappa shape index (κ1) is 23.2. The molecule has 3 heterocycles. The molecule has 180 valence electrons. The van der Waals surface area contributed by atoms with Crippen molar-refractivity contribution in [3.8, 4) is 22.6 Å². The van der Waals surface area contributed by atoms with Crippen LogP contribution >= 0.6 is 11.3 Å². The fraction of sp³-hybridized carbons (Fsp3) is 0.308. The Morgan fingerprint density at radius 1 is 1.09 bits per heavy atom. The lowest BCUT2D eigenvalue weighted by atomic mass is 10.1. The van der Waals surface area contributed by atoms with E-state index in [1.165, 1.54) is 0 Å². The molecule has 2 aromatic carbocycles. The molecule has 3 aromatic heterocycles. The van der Waals surface area contributed by atoms with Crippen molar-refractivity contribution in [1.29, 1.82) is 0 Å². The maximum absolute atomic E-state index is 12.6. The van der Waals surface area contributed by atoms with Gasteiger partial charge in [-0.15, -0.1) is 10.2 Å². The van der Waals surface area contributed by atoms with Crippen LogP contribution in [0.15, 0.2) is 48.7 Å². The predicted molar refractivity (Wildman–Crippen MR) is 141 cm³/mol. The number of fused-ring (bicyclic) bond motifs is 3. The average molecular weight is 488 g/mol. The number of imidazole rings is 1. The summed E-state index contributed by atoms with van der Waals surface area (Å²) in [4.78, 5) is 23.9. The third kappa shape index (κ3) is 4.82. The van der Waals surface area contributed by atoms with E-state index in [-0.39, 0.29) is 5.91 Å². The number of amides is 1. The highest BCUT2D eigenvalue weighted by molar-refractivity contribution is 7.23. The summed E-state index contributed by atoms with van der Waals surface area (Å²) >= 11 is 1.59. The number of aromatic nitrogens is 5. The van der Waals surface area contributed by atoms with Crippen LogP contribution in [0.25, 0.3) is 37.8 Å². The Labute approximate surface area is 208 Å². The van der Waals surface area contributed by atoms with Gasteiger partial charge in [0.05, 0.1) is 15.9 Å². The van der Waals surface area contributed by atoms with Crippen molar-refractivity contribution in [3.63, 3.8) is 0 Å². The van der Waals surface area contributed by atoms with Crippen LogP contribution in [0.4, 0.5) is 0 Å². The van der Waals surface area contributed by atoms with Gasteiger partial charge in [0.25, 0.3) is 5.91 Å². The lowest BCUT2D eigenvalue weighted by molar-refractivity contribution is 0.0952. The summed E-state index contributed by atoms with van der Waals surface area (Å²) in [6.07, 6.45) is 3.00. The summed E-state index contributed by atoms with van der Waals surface area (Å²) < 4.78 is 3.14. The second kappa shape index (κ2) is 9.97. The number of benzene rings is 2. The topological polar surface area (TPSA) is 91.2 Å². The molecule has 0 saturated carbocycles. The van der Waals surface area contributed by atoms with E-state index in [1.807, 2.05) is 49.4 Å². The van der Waals surface area contributed by atoms with Gasteiger partial charge in [0.1, 0.15) is 5.82 Å². The standard InChI is InChI=1S/C26H29N7OS/c1-4-32(5-2)14-6-13-27-25(34)20-11-12-22-23(15-20)35-26-29-21(16-33(22)26)18-7-9-19(10-8-18)24-28-17(3)30-31-24/h7-12,15-16H,4-6,13-14H2,1-3H3,(H,27,34)(H,28,30,31). The molecule has 1 amide bonds. The summed E-state index contributed by atoms with van der Waals surface area (Å²) in [5.74, 6) is 1.52. The first-order chi connectivity index (χ1) is 17.1. The number of hydrogen-bond donors (Lipinski definition) is 2. The molecule has 0 aliphatic heterocycles. The Morgan fingerprint density at radius 3 is 2.57 bits per heavy atom. The van der Waals surface area contributed by atoms with E-state index in [1.54, 1.807) is 11.3 Å². The molecule has 5 rings (SSSR count). The number of aromatic amines is 1. The summed E-state index contributed by atoms with van der Waals surface area (Å²) in [6, 6.07) is 14.0. The van der Waals surface area contributed by atoms with Crippen molar-refractivity contribution in [2.45, 2.75) is 27.2 Å². The van der Waals surface area contributed by atoms with Gasteiger partial charge in [0, 0.05) is 29.4 Å². The highest BCUT2D eigenvalue weighted by atomic mass is 32.1. The maximum Gasteiger partial charge on any atom is 0.251 e. The van der Waals surface area contributed by atoms with Gasteiger partial charge in [-0.25, -0.2) is 4.98 Å². The van der Waals surface area contributed by atoms with Gasteiger partial charge < -0.3 is 15.2 Å². The minimum Gasteiger partial charge on any atom is -0.352 e. The summed E-state index contributed by atoms with van der Waals surface area (Å²) in [5, 5.41) is 11.2. The first-order valence-electron chi connectivity index (χ1n) is 12.0. The number of hydrogen-bond acceptors (Lipinski definition) is 6. The van der Waals surface area contributed by atoms with Gasteiger partial charge in [0.15, 0.2) is 10.8 Å². The van der Waals surface area contributed by atoms with Crippen molar-refractivity contribution in [3.05, 3.63) is 60.0 Å². The first-order valence-corrected chi connectivity index (χ1v) is 12.8. The van der Waals surface area contributed by atoms with Crippen molar-refractivity contribution in [2.75, 3.05) is 26.2 Å². The number of aryl methyl sites for hydroxylation is 1. The number of thiazole rings is 1. The van der Waals surface area contributed by atoms with Gasteiger partial charge >= 0.3 is 0 Å². The fourth-order valence-corrected chi connectivity index (χ4v) is 5.25. The molecule has 0 bridgehead atoms. The number of nitrogens with zero attached hydrogens (tertiary/aromatic N) is 5. The Kier molecular flexibility index (Phi) is 6.61. The van der Waals surface area contributed by atoms with E-state index in [0.717, 1.165) is 69.7 Å². The van der Waals surface area contributed by atoms with Crippen LogP contribution < -0.4 is 5.32 Å². The third-order valence-electron chi connectivity index (χ3n) is 6.24. The molecule has 0 fully saturated rings. The Balaban J connectivity index is 1.29. The van der Waals surface area contributed by atoms with E-state index in [2.05, 4.69) is 49.8 Å². The maximum atomic E-state index is 12.6. The minimum atomic E-state index is -0.0276. The summed E-state index contributed by atoms with van der Waals surface area (Å²) in [6.45, 7) is 9.97. The number of nitrogens with one attached hydrogen (secondary N) is 2. The van der Waals surface area contributed by atoms with Gasteiger partial charge in [-0.1, -0.05) is 49.4 Å². The number of H-pyrrole nitrogens is 1. The van der Waals surface area contributed by atoms with Crippen LogP contribution in [0.5, 0.6) is 0 Å². The fourth-order valence-electron chi connectivity index (χ4n) is 4.20. The molecule has 0 aliphatic rings. The van der Waals surface area contributed by atoms with Crippen LogP contribution in [0, 0.1) is 6.92 Å². The predicted octanol–water partition coefficient (Wildman–Crippen LogP) is 4.77. The van der Waals surface area contributed by atoms with E-state index >= 15 is 0 Å². The van der Waals surface area contributed by atoms with Crippen LogP contribution in [0.3, 0.4) is 0 Å². The molecular formula is C26H29N7OS. The van der Waals surface area contributed by atoms with Crippen LogP contribution in [-0.4, -0.2) is 61.6 Å². The summed E-state index contributed by atoms with van der Waals surface area (Å²) in [7, 11) is 0. The zero-order chi connectivity index (χ0) is 24.4. The molecule has 0 radical (unpaired) electrons. The third-order valence-corrected chi connectivity index (χ3v) is 7.26. The molecule has 0 unspecified atom stereocenters. The Hall–Kier alpha value is -3.56. The number of carbonyl (C=O) groups is 1. The summed E-state index contributed by atoms with van der Waals surface area (Å²) in [5.41, 5.74) is 4.67. The highest BCUT2D eigenvalue weighted by Crippen LogP contribution is 2.30. The second-order valence-electron chi connectivity index (χ2n) is 8.54. The second-order valence-corrected chi connectivity index (χ2v) is 9.55. The van der Waals surface area contributed by atoms with Crippen LogP contribution in [-0.2, 0) is 0 Å². The Morgan fingerprint density at radius 2 is 1.86 bits per heavy atom. The molecule has 0 atom stereocenters. The van der Waals surface area contributed by atoms with Gasteiger partial charge in [0.2, 0.25) is 0 Å². The largest absolute Gasteiger partial charge is 0.352 e. The SMILES string of the molecule is CCN(CC)CCCNC(=O)c1ccc2c(c1)sc1nc(-c3ccc(-c4nnc(C)[nH]4)cc3)cn12. The van der Waals surface area contributed by atoms with E-state index in [4.69, 9.17) is 4.98 Å². The minimum absolute atomic E-state index is 0.0276. The Bertz CT molecular complexity index is 1460. The van der Waals surface area contributed by atoms with Gasteiger partial charge in [-0.05, 0) is 51.2 Å². The van der Waals surface area contributed by atoms with Crippen LogP contribution in [0.1, 0.15) is 36.5 Å². The van der Waals surface area contributed by atoms with Crippen molar-refractivity contribution in [1.82, 2.24) is 34.8 Å². The van der Waals surface area contributed by atoms with Crippen molar-refractivity contribution >= 4 is 32.4 Å². The lowest BCUT2D eigenvalue weighted by Crippen LogP contribution is -2.29. The molecule has 8 nitrogen and oxygen atoms in total. The molecule has 2 N–H and O–H groups in total. The molecule has 35 heavy (non-hydrogen) atoms. The molecular weight excluding hydrogens is 458 g/mol. The number of carbonyl (C=O) groups excluding carboxylic acids is 1. The number of rotatable bonds is 9. The highest BCUT2D eigenvalue weighted by Gasteiger charge is 2.13. The monoisotopic (exact) mass is 487 g/mol. The lowest BCUT2D eigenvalue weighted by Gasteiger charge is -2.17. The van der Waals surface area contributed by atoms with Crippen molar-refractivity contribution < 1.29 is 4.79 Å². The molecule has 0 saturated heterocycles. The van der Waals surface area contributed by atoms with E-state index in [0.29, 0.717) is 12.1 Å². The average Bonchev–Trinajstić information content (AvgIpc) is 3.58. The van der Waals surface area contributed by atoms with Gasteiger partial charge in [-0.3, -0.25) is 9.20 Å². The van der Waals surface area contributed by atoms with Crippen molar-refractivity contribution in [2.24, 2.45) is 0 Å². The van der Waals surface area contributed by atoms with E-state index in [9.17, 15) is 4.79 Å². The zero-order valence-electron chi connectivity index (χ0n) is 20.2. The molecule has 0 aliphatic carbocycles. The van der Waals surface area contributed by atoms with Crippen LogP contribution in [0.2, 0.25) is 0 Å². The quantitative estimate of drug-likeness (QED) is 0.292. The molecule has 0 spiro atoms. The smallest absolute Gasteiger partial charge is 0.251 e. The zero-order valence-corrected chi connectivity index (χ0v) is 21.0.